The van der Waals surface area contributed by atoms with E-state index in [0.717, 1.165) is 17.7 Å². The van der Waals surface area contributed by atoms with E-state index >= 15 is 0 Å². The Balaban J connectivity index is 2.31. The molecule has 0 bridgehead atoms. The number of benzene rings is 1. The van der Waals surface area contributed by atoms with Crippen molar-refractivity contribution in [1.29, 1.82) is 0 Å². The fourth-order valence-corrected chi connectivity index (χ4v) is 2.31. The quantitative estimate of drug-likeness (QED) is 0.807. The highest BCUT2D eigenvalue weighted by molar-refractivity contribution is 5.98. The third kappa shape index (κ3) is 3.84. The van der Waals surface area contributed by atoms with Crippen LogP contribution in [0, 0.1) is 5.82 Å². The van der Waals surface area contributed by atoms with E-state index in [0.29, 0.717) is 25.4 Å². The molecular weight excluding hydrogens is 285 g/mol. The van der Waals surface area contributed by atoms with Crippen LogP contribution in [0.4, 0.5) is 4.39 Å². The van der Waals surface area contributed by atoms with Gasteiger partial charge in [-0.1, -0.05) is 12.1 Å². The smallest absolute Gasteiger partial charge is 0.356 e. The molecular formula is C16H22FN3O2. The average molecular weight is 307 g/mol. The first-order valence-corrected chi connectivity index (χ1v) is 7.35. The highest BCUT2D eigenvalue weighted by Crippen LogP contribution is 2.26. The highest BCUT2D eigenvalue weighted by atomic mass is 19.1. The van der Waals surface area contributed by atoms with Crippen LogP contribution in [0.15, 0.2) is 30.0 Å². The first-order chi connectivity index (χ1) is 10.5. The normalized spacial score (nSPS) is 14.9. The van der Waals surface area contributed by atoms with Crippen molar-refractivity contribution in [3.05, 3.63) is 41.3 Å². The molecule has 2 rings (SSSR count). The number of hydrazine groups is 1. The lowest BCUT2D eigenvalue weighted by atomic mass is 10.0. The number of rotatable bonds is 6. The van der Waals surface area contributed by atoms with Gasteiger partial charge in [0.2, 0.25) is 0 Å². The third-order valence-corrected chi connectivity index (χ3v) is 3.43. The van der Waals surface area contributed by atoms with Gasteiger partial charge in [-0.05, 0) is 38.7 Å². The molecule has 0 atom stereocenters. The van der Waals surface area contributed by atoms with E-state index in [1.807, 2.05) is 24.0 Å². The van der Waals surface area contributed by atoms with Gasteiger partial charge in [0.25, 0.3) is 0 Å². The molecule has 0 saturated heterocycles. The second-order valence-corrected chi connectivity index (χ2v) is 5.34. The van der Waals surface area contributed by atoms with Crippen molar-refractivity contribution in [2.45, 2.75) is 6.92 Å². The maximum absolute atomic E-state index is 13.1. The van der Waals surface area contributed by atoms with Crippen molar-refractivity contribution in [2.24, 2.45) is 0 Å². The van der Waals surface area contributed by atoms with Crippen molar-refractivity contribution >= 4 is 11.5 Å². The minimum absolute atomic E-state index is 0.294. The Hall–Kier alpha value is -1.92. The Labute approximate surface area is 130 Å². The van der Waals surface area contributed by atoms with E-state index in [1.54, 1.807) is 19.1 Å². The summed E-state index contributed by atoms with van der Waals surface area (Å²) in [6, 6.07) is 6.16. The Kier molecular flexibility index (Phi) is 5.51. The van der Waals surface area contributed by atoms with Gasteiger partial charge in [-0.25, -0.2) is 14.6 Å². The molecule has 0 aliphatic carbocycles. The number of hydrogen-bond donors (Lipinski definition) is 1. The second-order valence-electron chi connectivity index (χ2n) is 5.34. The molecule has 120 valence electrons. The standard InChI is InChI=1S/C16H22FN3O2/c1-4-22-16(21)15-14(12-5-7-13(17)8-6-12)11-18-20(15)10-9-19(2)3/h5-8,18H,4,9-11H2,1-3H3. The van der Waals surface area contributed by atoms with Crippen LogP contribution in [-0.4, -0.2) is 56.2 Å². The molecule has 5 nitrogen and oxygen atoms in total. The van der Waals surface area contributed by atoms with Gasteiger partial charge in [-0.15, -0.1) is 0 Å². The summed E-state index contributed by atoms with van der Waals surface area (Å²) in [7, 11) is 3.95. The van der Waals surface area contributed by atoms with Gasteiger partial charge in [0.1, 0.15) is 11.5 Å². The molecule has 0 unspecified atom stereocenters. The van der Waals surface area contributed by atoms with Gasteiger partial charge in [0.15, 0.2) is 0 Å². The lowest BCUT2D eigenvalue weighted by molar-refractivity contribution is -0.140. The molecule has 1 aromatic carbocycles. The molecule has 0 spiro atoms. The molecule has 22 heavy (non-hydrogen) atoms. The summed E-state index contributed by atoms with van der Waals surface area (Å²) in [6.07, 6.45) is 0. The van der Waals surface area contributed by atoms with Gasteiger partial charge in [0.05, 0.1) is 6.61 Å². The maximum atomic E-state index is 13.1. The summed E-state index contributed by atoms with van der Waals surface area (Å²) >= 11 is 0. The zero-order valence-electron chi connectivity index (χ0n) is 13.2. The van der Waals surface area contributed by atoms with E-state index in [9.17, 15) is 9.18 Å². The molecule has 1 heterocycles. The lowest BCUT2D eigenvalue weighted by Gasteiger charge is -2.23. The second kappa shape index (κ2) is 7.38. The van der Waals surface area contributed by atoms with Gasteiger partial charge < -0.3 is 9.64 Å². The number of nitrogens with zero attached hydrogens (tertiary/aromatic N) is 2. The fraction of sp³-hybridized carbons (Fsp3) is 0.438. The topological polar surface area (TPSA) is 44.8 Å². The number of nitrogens with one attached hydrogen (secondary N) is 1. The predicted molar refractivity (Wildman–Crippen MR) is 83.2 cm³/mol. The zero-order chi connectivity index (χ0) is 16.1. The Bertz CT molecular complexity index is 555. The fourth-order valence-electron chi connectivity index (χ4n) is 2.31. The molecule has 0 saturated carbocycles. The first kappa shape index (κ1) is 16.5. The van der Waals surface area contributed by atoms with Gasteiger partial charge in [-0.2, -0.15) is 0 Å². The number of halogens is 1. The SMILES string of the molecule is CCOC(=O)C1=C(c2ccc(F)cc2)CNN1CCN(C)C. The summed E-state index contributed by atoms with van der Waals surface area (Å²) in [4.78, 5) is 14.3. The minimum Gasteiger partial charge on any atom is -0.461 e. The summed E-state index contributed by atoms with van der Waals surface area (Å²) in [5.74, 6) is -0.650. The summed E-state index contributed by atoms with van der Waals surface area (Å²) < 4.78 is 18.3. The summed E-state index contributed by atoms with van der Waals surface area (Å²) in [6.45, 7) is 4.08. The van der Waals surface area contributed by atoms with Crippen LogP contribution >= 0.6 is 0 Å². The molecule has 0 amide bonds. The van der Waals surface area contributed by atoms with Crippen molar-refractivity contribution in [3.63, 3.8) is 0 Å². The minimum atomic E-state index is -0.356. The number of carbonyl (C=O) groups is 1. The van der Waals surface area contributed by atoms with Crippen molar-refractivity contribution < 1.29 is 13.9 Å². The number of hydrogen-bond acceptors (Lipinski definition) is 5. The van der Waals surface area contributed by atoms with Crippen LogP contribution in [0.1, 0.15) is 12.5 Å². The van der Waals surface area contributed by atoms with Gasteiger partial charge in [-0.3, -0.25) is 5.01 Å². The molecule has 0 fully saturated rings. The molecule has 1 aliphatic heterocycles. The Morgan fingerprint density at radius 2 is 2.05 bits per heavy atom. The van der Waals surface area contributed by atoms with Crippen LogP contribution in [0.2, 0.25) is 0 Å². The van der Waals surface area contributed by atoms with E-state index < -0.39 is 0 Å². The molecule has 1 N–H and O–H groups in total. The van der Waals surface area contributed by atoms with Crippen LogP contribution in [-0.2, 0) is 9.53 Å². The van der Waals surface area contributed by atoms with Gasteiger partial charge >= 0.3 is 5.97 Å². The largest absolute Gasteiger partial charge is 0.461 e. The van der Waals surface area contributed by atoms with Crippen molar-refractivity contribution in [2.75, 3.05) is 40.3 Å². The zero-order valence-corrected chi connectivity index (χ0v) is 13.2. The van der Waals surface area contributed by atoms with Gasteiger partial charge in [0, 0.05) is 25.2 Å². The number of carbonyl (C=O) groups excluding carboxylic acids is 1. The molecule has 1 aliphatic rings. The first-order valence-electron chi connectivity index (χ1n) is 7.35. The Morgan fingerprint density at radius 1 is 1.36 bits per heavy atom. The Morgan fingerprint density at radius 3 is 2.64 bits per heavy atom. The molecule has 6 heteroatoms. The van der Waals surface area contributed by atoms with E-state index in [2.05, 4.69) is 5.43 Å². The van der Waals surface area contributed by atoms with Crippen LogP contribution in [0.5, 0.6) is 0 Å². The van der Waals surface area contributed by atoms with E-state index in [1.165, 1.54) is 12.1 Å². The van der Waals surface area contributed by atoms with Crippen LogP contribution < -0.4 is 5.43 Å². The molecule has 0 radical (unpaired) electrons. The lowest BCUT2D eigenvalue weighted by Crippen LogP contribution is -2.39. The maximum Gasteiger partial charge on any atom is 0.356 e. The van der Waals surface area contributed by atoms with Crippen LogP contribution in [0.3, 0.4) is 0 Å². The van der Waals surface area contributed by atoms with Crippen LogP contribution in [0.25, 0.3) is 5.57 Å². The number of ether oxygens (including phenoxy) is 1. The van der Waals surface area contributed by atoms with E-state index in [4.69, 9.17) is 4.74 Å². The highest BCUT2D eigenvalue weighted by Gasteiger charge is 2.29. The average Bonchev–Trinajstić information content (AvgIpc) is 2.90. The van der Waals surface area contributed by atoms with Crippen molar-refractivity contribution in [1.82, 2.24) is 15.3 Å². The third-order valence-electron chi connectivity index (χ3n) is 3.43. The monoisotopic (exact) mass is 307 g/mol. The number of likely N-dealkylation sites (N-methyl/N-ethyl adjacent to an activating group) is 1. The van der Waals surface area contributed by atoms with Crippen molar-refractivity contribution in [3.8, 4) is 0 Å². The van der Waals surface area contributed by atoms with E-state index in [-0.39, 0.29) is 11.8 Å². The molecule has 1 aromatic rings. The predicted octanol–water partition coefficient (Wildman–Crippen LogP) is 1.48. The number of esters is 1. The molecule has 0 aromatic heterocycles. The summed E-state index contributed by atoms with van der Waals surface area (Å²) in [5.41, 5.74) is 5.37. The summed E-state index contributed by atoms with van der Waals surface area (Å²) in [5, 5.41) is 1.82.